The van der Waals surface area contributed by atoms with Crippen LogP contribution in [0.15, 0.2) is 0 Å². The first-order valence-corrected chi connectivity index (χ1v) is 8.73. The number of aromatic nitrogens is 2. The summed E-state index contributed by atoms with van der Waals surface area (Å²) >= 11 is 0. The van der Waals surface area contributed by atoms with Crippen molar-refractivity contribution >= 4 is 23.3 Å². The fraction of sp³-hybridized carbons (Fsp3) is 0.733. The lowest BCUT2D eigenvalue weighted by Crippen LogP contribution is -2.46. The number of nitrogens with zero attached hydrogens (tertiary/aromatic N) is 5. The number of ether oxygens (including phenoxy) is 1. The number of nitrogens with one attached hydrogen (secondary N) is 1. The molecule has 10 heteroatoms. The average Bonchev–Trinajstić information content (AvgIpc) is 3.12. The first kappa shape index (κ1) is 17.6. The van der Waals surface area contributed by atoms with Crippen LogP contribution in [-0.2, 0) is 4.74 Å². The summed E-state index contributed by atoms with van der Waals surface area (Å²) in [6.45, 7) is 7.71. The SMILES string of the molecule is CCN1CCN(c2nc(N)c([N+](=O)[O-])c(NC[C@@H]3CCCO3)n2)CC1. The highest BCUT2D eigenvalue weighted by Crippen LogP contribution is 2.30. The lowest BCUT2D eigenvalue weighted by molar-refractivity contribution is -0.383. The van der Waals surface area contributed by atoms with E-state index < -0.39 is 4.92 Å². The van der Waals surface area contributed by atoms with Crippen molar-refractivity contribution in [3.05, 3.63) is 10.1 Å². The highest BCUT2D eigenvalue weighted by molar-refractivity contribution is 5.70. The second-order valence-corrected chi connectivity index (χ2v) is 6.30. The van der Waals surface area contributed by atoms with E-state index in [1.165, 1.54) is 0 Å². The standard InChI is InChI=1S/C15H25N7O3/c1-2-20-5-7-21(8-6-20)15-18-13(16)12(22(23)24)14(19-15)17-10-11-4-3-9-25-11/h11H,2-10H2,1H3,(H3,16,17,18,19)/t11-/m0/s1. The minimum Gasteiger partial charge on any atom is -0.378 e. The van der Waals surface area contributed by atoms with Gasteiger partial charge >= 0.3 is 5.69 Å². The van der Waals surface area contributed by atoms with Crippen LogP contribution in [0.1, 0.15) is 19.8 Å². The zero-order valence-corrected chi connectivity index (χ0v) is 14.5. The molecule has 2 aliphatic heterocycles. The van der Waals surface area contributed by atoms with Crippen LogP contribution in [0.4, 0.5) is 23.3 Å². The number of nitrogens with two attached hydrogens (primary N) is 1. The third-order valence-electron chi connectivity index (χ3n) is 4.71. The maximum Gasteiger partial charge on any atom is 0.353 e. The molecule has 0 unspecified atom stereocenters. The lowest BCUT2D eigenvalue weighted by atomic mass is 10.2. The highest BCUT2D eigenvalue weighted by Gasteiger charge is 2.27. The molecule has 2 aliphatic rings. The van der Waals surface area contributed by atoms with Crippen molar-refractivity contribution in [1.82, 2.24) is 14.9 Å². The molecule has 25 heavy (non-hydrogen) atoms. The van der Waals surface area contributed by atoms with Crippen molar-refractivity contribution in [1.29, 1.82) is 0 Å². The molecule has 138 valence electrons. The minimum atomic E-state index is -0.536. The van der Waals surface area contributed by atoms with Crippen LogP contribution >= 0.6 is 0 Å². The van der Waals surface area contributed by atoms with Gasteiger partial charge in [-0.1, -0.05) is 6.92 Å². The Bertz CT molecular complexity index is 613. The Morgan fingerprint density at radius 1 is 1.36 bits per heavy atom. The molecule has 0 spiro atoms. The molecular weight excluding hydrogens is 326 g/mol. The summed E-state index contributed by atoms with van der Waals surface area (Å²) in [5, 5.41) is 14.4. The maximum absolute atomic E-state index is 11.4. The molecule has 3 N–H and O–H groups in total. The number of hydrogen-bond donors (Lipinski definition) is 2. The van der Waals surface area contributed by atoms with Crippen molar-refractivity contribution in [3.8, 4) is 0 Å². The summed E-state index contributed by atoms with van der Waals surface area (Å²) in [6, 6.07) is 0. The number of piperazine rings is 1. The normalized spacial score (nSPS) is 21.5. The summed E-state index contributed by atoms with van der Waals surface area (Å²) in [5.74, 6) is 0.498. The van der Waals surface area contributed by atoms with Crippen molar-refractivity contribution < 1.29 is 9.66 Å². The zero-order chi connectivity index (χ0) is 17.8. The molecule has 0 radical (unpaired) electrons. The van der Waals surface area contributed by atoms with Crippen molar-refractivity contribution in [3.63, 3.8) is 0 Å². The second-order valence-electron chi connectivity index (χ2n) is 6.30. The number of nitrogen functional groups attached to an aromatic ring is 1. The van der Waals surface area contributed by atoms with E-state index in [1.807, 2.05) is 4.90 Å². The van der Waals surface area contributed by atoms with Gasteiger partial charge in [-0.2, -0.15) is 9.97 Å². The van der Waals surface area contributed by atoms with Crippen molar-refractivity contribution in [2.45, 2.75) is 25.9 Å². The Kier molecular flexibility index (Phi) is 5.49. The molecule has 0 aliphatic carbocycles. The second kappa shape index (κ2) is 7.79. The predicted octanol–water partition coefficient (Wildman–Crippen LogP) is 0.700. The molecule has 3 heterocycles. The van der Waals surface area contributed by atoms with Gasteiger partial charge in [0.15, 0.2) is 0 Å². The Hall–Kier alpha value is -2.20. The molecule has 0 bridgehead atoms. The van der Waals surface area contributed by atoms with Crippen LogP contribution in [0, 0.1) is 10.1 Å². The van der Waals surface area contributed by atoms with Crippen LogP contribution < -0.4 is 16.0 Å². The van der Waals surface area contributed by atoms with Gasteiger partial charge in [-0.15, -0.1) is 0 Å². The van der Waals surface area contributed by atoms with Gasteiger partial charge in [0.2, 0.25) is 17.6 Å². The smallest absolute Gasteiger partial charge is 0.353 e. The van der Waals surface area contributed by atoms with Crippen LogP contribution in [0.25, 0.3) is 0 Å². The topological polar surface area (TPSA) is 123 Å². The molecule has 1 atom stereocenters. The fourth-order valence-corrected chi connectivity index (χ4v) is 3.18. The van der Waals surface area contributed by atoms with E-state index in [0.717, 1.165) is 52.2 Å². The largest absolute Gasteiger partial charge is 0.378 e. The Labute approximate surface area is 146 Å². The Balaban J connectivity index is 1.78. The Morgan fingerprint density at radius 2 is 2.12 bits per heavy atom. The van der Waals surface area contributed by atoms with Crippen LogP contribution in [0.3, 0.4) is 0 Å². The summed E-state index contributed by atoms with van der Waals surface area (Å²) in [6.07, 6.45) is 1.99. The summed E-state index contributed by atoms with van der Waals surface area (Å²) in [5.41, 5.74) is 5.60. The van der Waals surface area contributed by atoms with Crippen molar-refractivity contribution in [2.75, 3.05) is 61.8 Å². The molecule has 0 amide bonds. The van der Waals surface area contributed by atoms with Gasteiger partial charge in [0.05, 0.1) is 11.0 Å². The van der Waals surface area contributed by atoms with E-state index in [0.29, 0.717) is 12.5 Å². The van der Waals surface area contributed by atoms with Gasteiger partial charge in [0, 0.05) is 39.3 Å². The van der Waals surface area contributed by atoms with Gasteiger partial charge in [-0.25, -0.2) is 0 Å². The van der Waals surface area contributed by atoms with Gasteiger partial charge in [-0.3, -0.25) is 10.1 Å². The lowest BCUT2D eigenvalue weighted by Gasteiger charge is -2.34. The van der Waals surface area contributed by atoms with E-state index in [2.05, 4.69) is 27.1 Å². The summed E-state index contributed by atoms with van der Waals surface area (Å²) in [4.78, 5) is 23.7. The van der Waals surface area contributed by atoms with Gasteiger partial charge in [0.25, 0.3) is 0 Å². The fourth-order valence-electron chi connectivity index (χ4n) is 3.18. The summed E-state index contributed by atoms with van der Waals surface area (Å²) in [7, 11) is 0. The van der Waals surface area contributed by atoms with Gasteiger partial charge < -0.3 is 25.6 Å². The molecule has 0 saturated carbocycles. The quantitative estimate of drug-likeness (QED) is 0.563. The first-order chi connectivity index (χ1) is 12.1. The van der Waals surface area contributed by atoms with E-state index in [-0.39, 0.29) is 23.4 Å². The maximum atomic E-state index is 11.4. The molecule has 2 fully saturated rings. The number of hydrogen-bond acceptors (Lipinski definition) is 9. The zero-order valence-electron chi connectivity index (χ0n) is 14.5. The molecule has 10 nitrogen and oxygen atoms in total. The molecular formula is C15H25N7O3. The van der Waals surface area contributed by atoms with Gasteiger partial charge in [-0.05, 0) is 19.4 Å². The molecule has 1 aromatic rings. The van der Waals surface area contributed by atoms with Crippen LogP contribution in [-0.4, -0.2) is 71.8 Å². The van der Waals surface area contributed by atoms with Gasteiger partial charge in [0.1, 0.15) is 0 Å². The summed E-state index contributed by atoms with van der Waals surface area (Å²) < 4.78 is 5.55. The third-order valence-corrected chi connectivity index (χ3v) is 4.71. The molecule has 3 rings (SSSR count). The monoisotopic (exact) mass is 351 g/mol. The molecule has 2 saturated heterocycles. The number of likely N-dealkylation sites (N-methyl/N-ethyl adjacent to an activating group) is 1. The Morgan fingerprint density at radius 3 is 2.72 bits per heavy atom. The van der Waals surface area contributed by atoms with Crippen molar-refractivity contribution in [2.24, 2.45) is 0 Å². The molecule has 1 aromatic heterocycles. The number of rotatable bonds is 6. The van der Waals surface area contributed by atoms with E-state index >= 15 is 0 Å². The highest BCUT2D eigenvalue weighted by atomic mass is 16.6. The predicted molar refractivity (Wildman–Crippen MR) is 94.9 cm³/mol. The number of anilines is 3. The van der Waals surface area contributed by atoms with Crippen LogP contribution in [0.2, 0.25) is 0 Å². The number of nitro groups is 1. The third kappa shape index (κ3) is 4.07. The van der Waals surface area contributed by atoms with E-state index in [1.54, 1.807) is 0 Å². The van der Waals surface area contributed by atoms with E-state index in [4.69, 9.17) is 10.5 Å². The minimum absolute atomic E-state index is 0.0485. The van der Waals surface area contributed by atoms with Crippen LogP contribution in [0.5, 0.6) is 0 Å². The first-order valence-electron chi connectivity index (χ1n) is 8.73. The van der Waals surface area contributed by atoms with E-state index in [9.17, 15) is 10.1 Å². The molecule has 0 aromatic carbocycles. The average molecular weight is 351 g/mol.